The van der Waals surface area contributed by atoms with Crippen molar-refractivity contribution >= 4 is 34.8 Å². The third-order valence-corrected chi connectivity index (χ3v) is 8.12. The fourth-order valence-electron chi connectivity index (χ4n) is 4.83. The fourth-order valence-corrected chi connectivity index (χ4v) is 5.67. The predicted molar refractivity (Wildman–Crippen MR) is 144 cm³/mol. The van der Waals surface area contributed by atoms with E-state index in [0.29, 0.717) is 29.6 Å². The third-order valence-electron chi connectivity index (χ3n) is 7.10. The predicted octanol–water partition coefficient (Wildman–Crippen LogP) is 4.56. The van der Waals surface area contributed by atoms with Crippen LogP contribution in [0.1, 0.15) is 81.3 Å². The van der Waals surface area contributed by atoms with Gasteiger partial charge in [-0.3, -0.25) is 9.59 Å². The molecule has 0 unspecified atom stereocenters. The molecule has 1 aromatic heterocycles. The van der Waals surface area contributed by atoms with Crippen LogP contribution in [-0.4, -0.2) is 72.0 Å². The average Bonchev–Trinajstić information content (AvgIpc) is 3.22. The first-order chi connectivity index (χ1) is 16.9. The molecule has 1 aliphatic carbocycles. The highest BCUT2D eigenvalue weighted by molar-refractivity contribution is 7.15. The van der Waals surface area contributed by atoms with Gasteiger partial charge >= 0.3 is 5.97 Å². The maximum absolute atomic E-state index is 13.9. The zero-order chi connectivity index (χ0) is 26.6. The van der Waals surface area contributed by atoms with E-state index in [0.717, 1.165) is 50.1 Å². The number of likely N-dealkylation sites (N-methyl/N-ethyl adjacent to an activating group) is 1. The minimum atomic E-state index is -1.08. The molecule has 0 bridgehead atoms. The molecule has 0 radical (unpaired) electrons. The quantitative estimate of drug-likeness (QED) is 0.562. The van der Waals surface area contributed by atoms with Gasteiger partial charge in [-0.25, -0.2) is 4.79 Å². The first-order valence-corrected chi connectivity index (χ1v) is 13.9. The molecule has 2 fully saturated rings. The van der Waals surface area contributed by atoms with Crippen molar-refractivity contribution in [2.45, 2.75) is 72.8 Å². The molecule has 7 nitrogen and oxygen atoms in total. The Hall–Kier alpha value is -2.37. The van der Waals surface area contributed by atoms with Crippen LogP contribution in [0.25, 0.3) is 0 Å². The largest absolute Gasteiger partial charge is 0.477 e. The molecule has 36 heavy (non-hydrogen) atoms. The Bertz CT molecular complexity index is 1020. The van der Waals surface area contributed by atoms with Crippen molar-refractivity contribution in [2.24, 2.45) is 17.3 Å². The summed E-state index contributed by atoms with van der Waals surface area (Å²) in [6, 6.07) is 1.27. The van der Waals surface area contributed by atoms with Gasteiger partial charge in [-0.2, -0.15) is 0 Å². The normalized spacial score (nSPS) is 21.9. The number of amides is 2. The summed E-state index contributed by atoms with van der Waals surface area (Å²) in [6.45, 7) is 13.1. The van der Waals surface area contributed by atoms with Crippen molar-refractivity contribution in [3.05, 3.63) is 15.8 Å². The second-order valence-electron chi connectivity index (χ2n) is 11.5. The number of hydrogen-bond donors (Lipinski definition) is 1. The van der Waals surface area contributed by atoms with Gasteiger partial charge in [0.15, 0.2) is 0 Å². The van der Waals surface area contributed by atoms with Gasteiger partial charge < -0.3 is 19.8 Å². The Morgan fingerprint density at radius 2 is 1.75 bits per heavy atom. The molecule has 1 saturated heterocycles. The van der Waals surface area contributed by atoms with Gasteiger partial charge in [-0.05, 0) is 72.4 Å². The molecule has 3 rings (SSSR count). The molecular weight excluding hydrogens is 474 g/mol. The van der Waals surface area contributed by atoms with Gasteiger partial charge in [0.1, 0.15) is 4.88 Å². The summed E-state index contributed by atoms with van der Waals surface area (Å²) < 4.78 is 0. The zero-order valence-corrected chi connectivity index (χ0v) is 23.4. The molecule has 0 spiro atoms. The number of hydrogen-bond acceptors (Lipinski definition) is 5. The Morgan fingerprint density at radius 3 is 2.31 bits per heavy atom. The average molecular weight is 516 g/mol. The van der Waals surface area contributed by atoms with Crippen LogP contribution in [0.4, 0.5) is 5.69 Å². The summed E-state index contributed by atoms with van der Waals surface area (Å²) in [5.74, 6) is 5.55. The lowest BCUT2D eigenvalue weighted by atomic mass is 9.82. The van der Waals surface area contributed by atoms with E-state index in [1.807, 2.05) is 39.6 Å². The van der Waals surface area contributed by atoms with Crippen molar-refractivity contribution in [3.63, 3.8) is 0 Å². The first kappa shape index (κ1) is 28.2. The smallest absolute Gasteiger partial charge is 0.348 e. The van der Waals surface area contributed by atoms with Gasteiger partial charge in [0, 0.05) is 50.0 Å². The minimum absolute atomic E-state index is 0.00511. The van der Waals surface area contributed by atoms with Crippen molar-refractivity contribution in [1.82, 2.24) is 9.80 Å². The van der Waals surface area contributed by atoms with Crippen LogP contribution < -0.4 is 4.90 Å². The number of aromatic carboxylic acids is 1. The van der Waals surface area contributed by atoms with E-state index in [1.165, 1.54) is 0 Å². The van der Waals surface area contributed by atoms with E-state index in [9.17, 15) is 19.5 Å². The Balaban J connectivity index is 1.94. The van der Waals surface area contributed by atoms with Gasteiger partial charge in [-0.15, -0.1) is 11.3 Å². The highest BCUT2D eigenvalue weighted by Crippen LogP contribution is 2.36. The Labute approximate surface area is 219 Å². The lowest BCUT2D eigenvalue weighted by Crippen LogP contribution is -2.50. The molecule has 1 aromatic rings. The van der Waals surface area contributed by atoms with Crippen molar-refractivity contribution in [3.8, 4) is 11.8 Å². The van der Waals surface area contributed by atoms with Crippen molar-refractivity contribution < 1.29 is 19.5 Å². The van der Waals surface area contributed by atoms with Crippen LogP contribution >= 0.6 is 11.3 Å². The number of carbonyl (C=O) groups excluding carboxylic acids is 2. The number of thiophene rings is 1. The SMILES string of the molecule is CC1CCC(C(=O)N(c2cc(C#CC(C)(C)C)sc2C(=O)O)[C@@H](C)CC(=O)N2CCN(C)CC2)CC1. The molecule has 0 aromatic carbocycles. The van der Waals surface area contributed by atoms with Crippen LogP contribution in [0.5, 0.6) is 0 Å². The topological polar surface area (TPSA) is 81.2 Å². The third kappa shape index (κ3) is 7.33. The summed E-state index contributed by atoms with van der Waals surface area (Å²) in [4.78, 5) is 45.7. The molecule has 2 heterocycles. The summed E-state index contributed by atoms with van der Waals surface area (Å²) in [7, 11) is 2.04. The minimum Gasteiger partial charge on any atom is -0.477 e. The number of carboxylic acids is 1. The number of carboxylic acid groups (broad SMARTS) is 1. The molecule has 2 amide bonds. The molecule has 1 saturated carbocycles. The van der Waals surface area contributed by atoms with E-state index in [1.54, 1.807) is 11.0 Å². The summed E-state index contributed by atoms with van der Waals surface area (Å²) >= 11 is 1.10. The van der Waals surface area contributed by atoms with Crippen molar-refractivity contribution in [2.75, 3.05) is 38.1 Å². The fraction of sp³-hybridized carbons (Fsp3) is 0.679. The van der Waals surface area contributed by atoms with E-state index in [4.69, 9.17) is 0 Å². The van der Waals surface area contributed by atoms with E-state index >= 15 is 0 Å². The molecule has 198 valence electrons. The molecule has 1 aliphatic heterocycles. The second kappa shape index (κ2) is 11.8. The monoisotopic (exact) mass is 515 g/mol. The lowest BCUT2D eigenvalue weighted by Gasteiger charge is -2.36. The maximum Gasteiger partial charge on any atom is 0.348 e. The van der Waals surface area contributed by atoms with Crippen LogP contribution in [0.2, 0.25) is 0 Å². The molecule has 8 heteroatoms. The molecule has 2 aliphatic rings. The molecule has 1 atom stereocenters. The van der Waals surface area contributed by atoms with Gasteiger partial charge in [0.05, 0.1) is 10.6 Å². The summed E-state index contributed by atoms with van der Waals surface area (Å²) in [5.41, 5.74) is 0.136. The maximum atomic E-state index is 13.9. The van der Waals surface area contributed by atoms with E-state index in [-0.39, 0.29) is 34.4 Å². The highest BCUT2D eigenvalue weighted by atomic mass is 32.1. The second-order valence-corrected chi connectivity index (χ2v) is 12.6. The van der Waals surface area contributed by atoms with Gasteiger partial charge in [0.2, 0.25) is 11.8 Å². The number of rotatable bonds is 6. The highest BCUT2D eigenvalue weighted by Gasteiger charge is 2.36. The summed E-state index contributed by atoms with van der Waals surface area (Å²) in [5, 5.41) is 10.0. The number of nitrogens with zero attached hydrogens (tertiary/aromatic N) is 3. The summed E-state index contributed by atoms with van der Waals surface area (Å²) in [6.07, 6.45) is 3.71. The molecule has 1 N–H and O–H groups in total. The number of anilines is 1. The van der Waals surface area contributed by atoms with Crippen molar-refractivity contribution in [1.29, 1.82) is 0 Å². The van der Waals surface area contributed by atoms with Crippen LogP contribution in [-0.2, 0) is 9.59 Å². The van der Waals surface area contributed by atoms with E-state index in [2.05, 4.69) is 23.7 Å². The standard InChI is InChI=1S/C28H41N3O4S/c1-19-7-9-21(10-8-19)26(33)31(20(2)17-24(32)30-15-13-29(6)14-16-30)23-18-22(11-12-28(3,4)5)36-25(23)27(34)35/h18-21H,7-10,13-17H2,1-6H3,(H,34,35)/t19?,20-,21?/m0/s1. The van der Waals surface area contributed by atoms with Crippen LogP contribution in [0, 0.1) is 29.1 Å². The van der Waals surface area contributed by atoms with E-state index < -0.39 is 12.0 Å². The number of carbonyl (C=O) groups is 3. The van der Waals surface area contributed by atoms with Crippen LogP contribution in [0.3, 0.4) is 0 Å². The Kier molecular flexibility index (Phi) is 9.23. The first-order valence-electron chi connectivity index (χ1n) is 13.1. The Morgan fingerprint density at radius 1 is 1.14 bits per heavy atom. The lowest BCUT2D eigenvalue weighted by molar-refractivity contribution is -0.133. The van der Waals surface area contributed by atoms with Gasteiger partial charge in [0.25, 0.3) is 0 Å². The zero-order valence-electron chi connectivity index (χ0n) is 22.6. The van der Waals surface area contributed by atoms with Gasteiger partial charge in [-0.1, -0.05) is 18.8 Å². The number of piperazine rings is 1. The van der Waals surface area contributed by atoms with Crippen LogP contribution in [0.15, 0.2) is 6.07 Å². The molecular formula is C28H41N3O4S.